The fourth-order valence-electron chi connectivity index (χ4n) is 1.70. The molecule has 0 saturated carbocycles. The van der Waals surface area contributed by atoms with Crippen LogP contribution >= 0.6 is 11.8 Å². The Morgan fingerprint density at radius 2 is 2.25 bits per heavy atom. The quantitative estimate of drug-likeness (QED) is 0.757. The van der Waals surface area contributed by atoms with Gasteiger partial charge in [-0.15, -0.1) is 0 Å². The second-order valence-corrected chi connectivity index (χ2v) is 5.07. The number of hydrogen-bond acceptors (Lipinski definition) is 4. The number of rotatable bonds is 3. The van der Waals surface area contributed by atoms with Gasteiger partial charge in [0.2, 0.25) is 5.88 Å². The van der Waals surface area contributed by atoms with Gasteiger partial charge < -0.3 is 4.74 Å². The molecule has 0 spiro atoms. The summed E-state index contributed by atoms with van der Waals surface area (Å²) in [5.74, 6) is 2.76. The summed E-state index contributed by atoms with van der Waals surface area (Å²) < 4.78 is 5.80. The molecule has 16 heavy (non-hydrogen) atoms. The van der Waals surface area contributed by atoms with Gasteiger partial charge in [0.15, 0.2) is 5.78 Å². The molecule has 1 aliphatic heterocycles. The van der Waals surface area contributed by atoms with E-state index in [9.17, 15) is 4.79 Å². The number of ketones is 1. The first-order chi connectivity index (χ1) is 7.77. The number of hydrogen-bond donors (Lipinski definition) is 0. The first-order valence-corrected chi connectivity index (χ1v) is 6.63. The Bertz CT molecular complexity index is 375. The number of ether oxygens (including phenoxy) is 1. The molecular formula is C12H15NO2S. The zero-order valence-electron chi connectivity index (χ0n) is 9.31. The molecule has 0 unspecified atom stereocenters. The van der Waals surface area contributed by atoms with Gasteiger partial charge in [-0.25, -0.2) is 4.98 Å². The average Bonchev–Trinajstić information content (AvgIpc) is 2.31. The van der Waals surface area contributed by atoms with Crippen molar-refractivity contribution in [1.29, 1.82) is 0 Å². The second-order valence-electron chi connectivity index (χ2n) is 3.84. The highest BCUT2D eigenvalue weighted by molar-refractivity contribution is 7.99. The summed E-state index contributed by atoms with van der Waals surface area (Å²) in [6.07, 6.45) is 3.96. The summed E-state index contributed by atoms with van der Waals surface area (Å²) in [5.41, 5.74) is 0.584. The number of Topliss-reactive ketones (excluding diaryl/α,β-unsaturated/α-hetero) is 1. The molecule has 2 heterocycles. The lowest BCUT2D eigenvalue weighted by Gasteiger charge is -2.22. The SMILES string of the molecule is CC(=O)c1cccnc1OC1CCSCC1. The largest absolute Gasteiger partial charge is 0.474 e. The van der Waals surface area contributed by atoms with E-state index in [4.69, 9.17) is 4.74 Å². The fraction of sp³-hybridized carbons (Fsp3) is 0.500. The predicted octanol–water partition coefficient (Wildman–Crippen LogP) is 2.56. The lowest BCUT2D eigenvalue weighted by Crippen LogP contribution is -2.23. The highest BCUT2D eigenvalue weighted by atomic mass is 32.2. The molecule has 1 aliphatic rings. The normalized spacial score (nSPS) is 17.1. The molecule has 1 saturated heterocycles. The smallest absolute Gasteiger partial charge is 0.224 e. The van der Waals surface area contributed by atoms with E-state index in [1.165, 1.54) is 0 Å². The van der Waals surface area contributed by atoms with Gasteiger partial charge in [-0.2, -0.15) is 11.8 Å². The monoisotopic (exact) mass is 237 g/mol. The molecule has 0 aromatic carbocycles. The van der Waals surface area contributed by atoms with E-state index in [0.717, 1.165) is 24.3 Å². The maximum atomic E-state index is 11.4. The fourth-order valence-corrected chi connectivity index (χ4v) is 2.77. The maximum Gasteiger partial charge on any atom is 0.224 e. The van der Waals surface area contributed by atoms with Crippen LogP contribution in [0, 0.1) is 0 Å². The molecule has 0 N–H and O–H groups in total. The van der Waals surface area contributed by atoms with Gasteiger partial charge in [0, 0.05) is 6.20 Å². The van der Waals surface area contributed by atoms with Crippen molar-refractivity contribution in [3.8, 4) is 5.88 Å². The van der Waals surface area contributed by atoms with Gasteiger partial charge in [0.25, 0.3) is 0 Å². The molecule has 0 amide bonds. The highest BCUT2D eigenvalue weighted by Crippen LogP contribution is 2.23. The number of carbonyl (C=O) groups is 1. The number of carbonyl (C=O) groups excluding carboxylic acids is 1. The lowest BCUT2D eigenvalue weighted by molar-refractivity contribution is 0.100. The van der Waals surface area contributed by atoms with Crippen LogP contribution in [0.15, 0.2) is 18.3 Å². The molecule has 1 aromatic heterocycles. The van der Waals surface area contributed by atoms with Gasteiger partial charge in [-0.1, -0.05) is 0 Å². The average molecular weight is 237 g/mol. The van der Waals surface area contributed by atoms with Crippen LogP contribution in [0.3, 0.4) is 0 Å². The second kappa shape index (κ2) is 5.34. The molecule has 0 aliphatic carbocycles. The maximum absolute atomic E-state index is 11.4. The van der Waals surface area contributed by atoms with Crippen LogP contribution in [-0.4, -0.2) is 28.4 Å². The summed E-state index contributed by atoms with van der Waals surface area (Å²) >= 11 is 1.95. The van der Waals surface area contributed by atoms with Crippen LogP contribution in [0.25, 0.3) is 0 Å². The van der Waals surface area contributed by atoms with Crippen molar-refractivity contribution in [3.63, 3.8) is 0 Å². The minimum atomic E-state index is 0.00767. The van der Waals surface area contributed by atoms with E-state index in [2.05, 4.69) is 4.98 Å². The summed E-state index contributed by atoms with van der Waals surface area (Å²) in [7, 11) is 0. The van der Waals surface area contributed by atoms with Crippen molar-refractivity contribution in [1.82, 2.24) is 4.98 Å². The van der Waals surface area contributed by atoms with E-state index in [0.29, 0.717) is 11.4 Å². The number of pyridine rings is 1. The van der Waals surface area contributed by atoms with Crippen molar-refractivity contribution in [2.45, 2.75) is 25.9 Å². The van der Waals surface area contributed by atoms with Crippen molar-refractivity contribution in [3.05, 3.63) is 23.9 Å². The van der Waals surface area contributed by atoms with Crippen LogP contribution in [0.2, 0.25) is 0 Å². The first kappa shape index (κ1) is 11.5. The molecule has 0 bridgehead atoms. The minimum Gasteiger partial charge on any atom is -0.474 e. The number of aromatic nitrogens is 1. The highest BCUT2D eigenvalue weighted by Gasteiger charge is 2.18. The summed E-state index contributed by atoms with van der Waals surface area (Å²) in [5, 5.41) is 0. The minimum absolute atomic E-state index is 0.00767. The Hall–Kier alpha value is -1.03. The van der Waals surface area contributed by atoms with E-state index >= 15 is 0 Å². The molecule has 1 aromatic rings. The van der Waals surface area contributed by atoms with Crippen LogP contribution in [0.4, 0.5) is 0 Å². The molecule has 86 valence electrons. The predicted molar refractivity (Wildman–Crippen MR) is 65.2 cm³/mol. The van der Waals surface area contributed by atoms with Crippen molar-refractivity contribution in [2.24, 2.45) is 0 Å². The summed E-state index contributed by atoms with van der Waals surface area (Å²) in [6.45, 7) is 1.54. The van der Waals surface area contributed by atoms with Crippen LogP contribution < -0.4 is 4.74 Å². The first-order valence-electron chi connectivity index (χ1n) is 5.47. The third-order valence-electron chi connectivity index (χ3n) is 2.60. The topological polar surface area (TPSA) is 39.2 Å². The Morgan fingerprint density at radius 1 is 1.50 bits per heavy atom. The van der Waals surface area contributed by atoms with Crippen LogP contribution in [0.1, 0.15) is 30.1 Å². The van der Waals surface area contributed by atoms with Gasteiger partial charge in [0.1, 0.15) is 6.10 Å². The Labute approximate surface area is 99.6 Å². The Morgan fingerprint density at radius 3 is 2.94 bits per heavy atom. The van der Waals surface area contributed by atoms with E-state index in [1.54, 1.807) is 25.3 Å². The summed E-state index contributed by atoms with van der Waals surface area (Å²) in [6, 6.07) is 3.53. The molecule has 0 atom stereocenters. The molecule has 0 radical (unpaired) electrons. The standard InChI is InChI=1S/C12H15NO2S/c1-9(14)11-3-2-6-13-12(11)15-10-4-7-16-8-5-10/h2-3,6,10H,4-5,7-8H2,1H3. The van der Waals surface area contributed by atoms with Crippen molar-refractivity contribution in [2.75, 3.05) is 11.5 Å². The van der Waals surface area contributed by atoms with Crippen molar-refractivity contribution < 1.29 is 9.53 Å². The van der Waals surface area contributed by atoms with Gasteiger partial charge in [0.05, 0.1) is 5.56 Å². The summed E-state index contributed by atoms with van der Waals surface area (Å²) in [4.78, 5) is 15.5. The molecular weight excluding hydrogens is 222 g/mol. The number of thioether (sulfide) groups is 1. The van der Waals surface area contributed by atoms with E-state index < -0.39 is 0 Å². The van der Waals surface area contributed by atoms with E-state index in [-0.39, 0.29) is 11.9 Å². The Kier molecular flexibility index (Phi) is 3.83. The van der Waals surface area contributed by atoms with E-state index in [1.807, 2.05) is 11.8 Å². The third-order valence-corrected chi connectivity index (χ3v) is 3.65. The molecule has 1 fully saturated rings. The lowest BCUT2D eigenvalue weighted by atomic mass is 10.2. The van der Waals surface area contributed by atoms with Gasteiger partial charge >= 0.3 is 0 Å². The van der Waals surface area contributed by atoms with Crippen LogP contribution in [-0.2, 0) is 0 Å². The molecule has 4 heteroatoms. The zero-order valence-corrected chi connectivity index (χ0v) is 10.1. The zero-order chi connectivity index (χ0) is 11.4. The third kappa shape index (κ3) is 2.76. The van der Waals surface area contributed by atoms with Crippen molar-refractivity contribution >= 4 is 17.5 Å². The van der Waals surface area contributed by atoms with Crippen LogP contribution in [0.5, 0.6) is 5.88 Å². The Balaban J connectivity index is 2.10. The van der Waals surface area contributed by atoms with Gasteiger partial charge in [-0.3, -0.25) is 4.79 Å². The number of nitrogens with zero attached hydrogens (tertiary/aromatic N) is 1. The molecule has 2 rings (SSSR count). The molecule has 3 nitrogen and oxygen atoms in total. The van der Waals surface area contributed by atoms with Gasteiger partial charge in [-0.05, 0) is 43.4 Å².